The van der Waals surface area contributed by atoms with Crippen molar-refractivity contribution in [2.24, 2.45) is 0 Å². The highest BCUT2D eigenvalue weighted by Crippen LogP contribution is 2.30. The maximum Gasteiger partial charge on any atom is 0.0952 e. The zero-order chi connectivity index (χ0) is 17.0. The fourth-order valence-corrected chi connectivity index (χ4v) is 4.12. The Kier molecular flexibility index (Phi) is 5.49. The standard InChI is InChI=1S/C20H25NO2S/c1-20(2)16-23-19(17-9-5-3-6-10-17)15-21(20)13-14-24(22)18-11-7-4-8-12-18/h3-12,19H,13-16H2,1-2H3. The van der Waals surface area contributed by atoms with Crippen molar-refractivity contribution in [3.63, 3.8) is 0 Å². The van der Waals surface area contributed by atoms with E-state index in [4.69, 9.17) is 4.74 Å². The van der Waals surface area contributed by atoms with Gasteiger partial charge in [0, 0.05) is 29.3 Å². The summed E-state index contributed by atoms with van der Waals surface area (Å²) in [6.07, 6.45) is 0.0874. The Balaban J connectivity index is 1.65. The van der Waals surface area contributed by atoms with Gasteiger partial charge in [0.25, 0.3) is 0 Å². The topological polar surface area (TPSA) is 29.5 Å². The Morgan fingerprint density at radius 2 is 1.71 bits per heavy atom. The van der Waals surface area contributed by atoms with Gasteiger partial charge in [-0.05, 0) is 31.5 Å². The van der Waals surface area contributed by atoms with Gasteiger partial charge < -0.3 is 4.74 Å². The molecule has 24 heavy (non-hydrogen) atoms. The molecule has 0 spiro atoms. The minimum atomic E-state index is -0.957. The SMILES string of the molecule is CC1(C)COC(c2ccccc2)CN1CCS(=O)c1ccccc1. The van der Waals surface area contributed by atoms with E-state index in [1.807, 2.05) is 48.5 Å². The van der Waals surface area contributed by atoms with Crippen LogP contribution >= 0.6 is 0 Å². The van der Waals surface area contributed by atoms with Crippen molar-refractivity contribution in [3.8, 4) is 0 Å². The first kappa shape index (κ1) is 17.3. The molecule has 0 aliphatic carbocycles. The summed E-state index contributed by atoms with van der Waals surface area (Å²) in [4.78, 5) is 3.32. The van der Waals surface area contributed by atoms with Gasteiger partial charge in [-0.25, -0.2) is 0 Å². The molecule has 1 heterocycles. The van der Waals surface area contributed by atoms with Crippen LogP contribution in [0, 0.1) is 0 Å². The van der Waals surface area contributed by atoms with Crippen LogP contribution in [0.1, 0.15) is 25.5 Å². The quantitative estimate of drug-likeness (QED) is 0.830. The second-order valence-electron chi connectivity index (χ2n) is 6.83. The van der Waals surface area contributed by atoms with Crippen molar-refractivity contribution in [2.45, 2.75) is 30.4 Å². The maximum absolute atomic E-state index is 12.5. The van der Waals surface area contributed by atoms with Crippen LogP contribution in [-0.2, 0) is 15.5 Å². The van der Waals surface area contributed by atoms with Crippen LogP contribution in [0.5, 0.6) is 0 Å². The summed E-state index contributed by atoms with van der Waals surface area (Å²) in [6.45, 7) is 6.72. The molecule has 3 rings (SSSR count). The van der Waals surface area contributed by atoms with Crippen molar-refractivity contribution in [1.82, 2.24) is 4.90 Å². The molecule has 1 fully saturated rings. The van der Waals surface area contributed by atoms with Crippen molar-refractivity contribution >= 4 is 10.8 Å². The fraction of sp³-hybridized carbons (Fsp3) is 0.400. The average molecular weight is 343 g/mol. The molecule has 2 unspecified atom stereocenters. The largest absolute Gasteiger partial charge is 0.370 e. The number of hydrogen-bond donors (Lipinski definition) is 0. The minimum Gasteiger partial charge on any atom is -0.370 e. The number of rotatable bonds is 5. The van der Waals surface area contributed by atoms with E-state index in [0.717, 1.165) is 18.0 Å². The van der Waals surface area contributed by atoms with Gasteiger partial charge in [0.05, 0.1) is 23.5 Å². The van der Waals surface area contributed by atoms with Gasteiger partial charge in [-0.15, -0.1) is 0 Å². The maximum atomic E-state index is 12.5. The van der Waals surface area contributed by atoms with E-state index >= 15 is 0 Å². The molecular formula is C20H25NO2S. The second kappa shape index (κ2) is 7.60. The van der Waals surface area contributed by atoms with Crippen LogP contribution in [0.3, 0.4) is 0 Å². The van der Waals surface area contributed by atoms with E-state index in [1.54, 1.807) is 0 Å². The average Bonchev–Trinajstić information content (AvgIpc) is 2.62. The summed E-state index contributed by atoms with van der Waals surface area (Å²) in [7, 11) is -0.957. The monoisotopic (exact) mass is 343 g/mol. The highest BCUT2D eigenvalue weighted by molar-refractivity contribution is 7.85. The predicted molar refractivity (Wildman–Crippen MR) is 98.5 cm³/mol. The number of hydrogen-bond acceptors (Lipinski definition) is 3. The Morgan fingerprint density at radius 3 is 2.38 bits per heavy atom. The van der Waals surface area contributed by atoms with Crippen molar-refractivity contribution in [3.05, 3.63) is 66.2 Å². The smallest absolute Gasteiger partial charge is 0.0952 e. The molecule has 128 valence electrons. The zero-order valence-corrected chi connectivity index (χ0v) is 15.2. The Bertz CT molecular complexity index is 673. The van der Waals surface area contributed by atoms with Crippen molar-refractivity contribution < 1.29 is 8.95 Å². The van der Waals surface area contributed by atoms with Crippen LogP contribution in [-0.4, -0.2) is 40.1 Å². The third-order valence-electron chi connectivity index (χ3n) is 4.60. The highest BCUT2D eigenvalue weighted by atomic mass is 32.2. The van der Waals surface area contributed by atoms with Gasteiger partial charge in [0.1, 0.15) is 0 Å². The van der Waals surface area contributed by atoms with Crippen LogP contribution in [0.2, 0.25) is 0 Å². The number of nitrogens with zero attached hydrogens (tertiary/aromatic N) is 1. The Labute approximate surface area is 147 Å². The lowest BCUT2D eigenvalue weighted by atomic mass is 9.98. The summed E-state index contributed by atoms with van der Waals surface area (Å²) in [5.41, 5.74) is 1.17. The molecule has 0 N–H and O–H groups in total. The summed E-state index contributed by atoms with van der Waals surface area (Å²) in [5.74, 6) is 0.648. The van der Waals surface area contributed by atoms with Gasteiger partial charge in [-0.3, -0.25) is 9.11 Å². The molecule has 0 amide bonds. The third-order valence-corrected chi connectivity index (χ3v) is 5.96. The lowest BCUT2D eigenvalue weighted by Gasteiger charge is -2.45. The molecule has 1 saturated heterocycles. The highest BCUT2D eigenvalue weighted by Gasteiger charge is 2.35. The predicted octanol–water partition coefficient (Wildman–Crippen LogP) is 3.65. The van der Waals surface area contributed by atoms with E-state index in [0.29, 0.717) is 12.4 Å². The van der Waals surface area contributed by atoms with Gasteiger partial charge in [-0.1, -0.05) is 48.5 Å². The Morgan fingerprint density at radius 1 is 1.08 bits per heavy atom. The van der Waals surface area contributed by atoms with E-state index in [-0.39, 0.29) is 11.6 Å². The molecule has 4 heteroatoms. The summed E-state index contributed by atoms with van der Waals surface area (Å²) in [5, 5.41) is 0. The van der Waals surface area contributed by atoms with Crippen LogP contribution in [0.4, 0.5) is 0 Å². The third kappa shape index (κ3) is 4.12. The molecule has 2 aromatic rings. The van der Waals surface area contributed by atoms with Crippen LogP contribution in [0.15, 0.2) is 65.6 Å². The Hall–Kier alpha value is -1.49. The summed E-state index contributed by atoms with van der Waals surface area (Å²) >= 11 is 0. The van der Waals surface area contributed by atoms with E-state index < -0.39 is 10.8 Å². The minimum absolute atomic E-state index is 0.0355. The van der Waals surface area contributed by atoms with Crippen molar-refractivity contribution in [1.29, 1.82) is 0 Å². The van der Waals surface area contributed by atoms with Gasteiger partial charge in [-0.2, -0.15) is 0 Å². The van der Waals surface area contributed by atoms with E-state index in [2.05, 4.69) is 30.9 Å². The summed E-state index contributed by atoms with van der Waals surface area (Å²) in [6, 6.07) is 20.1. The first-order valence-electron chi connectivity index (χ1n) is 8.41. The first-order valence-corrected chi connectivity index (χ1v) is 9.73. The first-order chi connectivity index (χ1) is 11.6. The lowest BCUT2D eigenvalue weighted by molar-refractivity contribution is -0.0980. The fourth-order valence-electron chi connectivity index (χ4n) is 3.04. The molecule has 0 radical (unpaired) electrons. The molecule has 0 aromatic heterocycles. The number of morpholine rings is 1. The second-order valence-corrected chi connectivity index (χ2v) is 8.40. The molecule has 1 aliphatic rings. The number of benzene rings is 2. The molecule has 2 aromatic carbocycles. The van der Waals surface area contributed by atoms with Gasteiger partial charge >= 0.3 is 0 Å². The van der Waals surface area contributed by atoms with E-state index in [1.165, 1.54) is 5.56 Å². The molecule has 0 saturated carbocycles. The zero-order valence-electron chi connectivity index (χ0n) is 14.4. The van der Waals surface area contributed by atoms with Crippen LogP contribution < -0.4 is 0 Å². The lowest BCUT2D eigenvalue weighted by Crippen LogP contribution is -2.54. The molecule has 2 atom stereocenters. The molecular weight excluding hydrogens is 318 g/mol. The van der Waals surface area contributed by atoms with Gasteiger partial charge in [0.2, 0.25) is 0 Å². The molecule has 1 aliphatic heterocycles. The molecule has 0 bridgehead atoms. The summed E-state index contributed by atoms with van der Waals surface area (Å²) < 4.78 is 18.6. The van der Waals surface area contributed by atoms with Crippen molar-refractivity contribution in [2.75, 3.05) is 25.4 Å². The van der Waals surface area contributed by atoms with Gasteiger partial charge in [0.15, 0.2) is 0 Å². The van der Waals surface area contributed by atoms with Crippen LogP contribution in [0.25, 0.3) is 0 Å². The number of ether oxygens (including phenoxy) is 1. The normalized spacial score (nSPS) is 22.2. The molecule has 3 nitrogen and oxygen atoms in total. The van der Waals surface area contributed by atoms with E-state index in [9.17, 15) is 4.21 Å².